The smallest absolute Gasteiger partial charge is 0.328 e. The number of aryl methyl sites for hydroxylation is 2. The van der Waals surface area contributed by atoms with E-state index in [1.165, 1.54) is 29.5 Å². The Labute approximate surface area is 141 Å². The van der Waals surface area contributed by atoms with Gasteiger partial charge in [-0.15, -0.1) is 0 Å². The Morgan fingerprint density at radius 1 is 1.26 bits per heavy atom. The minimum absolute atomic E-state index is 0.0861. The molecule has 0 fully saturated rings. The van der Waals surface area contributed by atoms with Crippen molar-refractivity contribution in [2.45, 2.75) is 72.4 Å². The molecule has 0 unspecified atom stereocenters. The first-order valence-electron chi connectivity index (χ1n) is 8.58. The largest absolute Gasteiger partial charge is 0.467 e. The first kappa shape index (κ1) is 17.8. The van der Waals surface area contributed by atoms with Gasteiger partial charge in [0, 0.05) is 11.2 Å². The summed E-state index contributed by atoms with van der Waals surface area (Å²) in [5, 5.41) is 0. The molecule has 1 heterocycles. The molecule has 0 saturated heterocycles. The maximum Gasteiger partial charge on any atom is 0.328 e. The Hall–Kier alpha value is -1.51. The summed E-state index contributed by atoms with van der Waals surface area (Å²) >= 11 is 0. The van der Waals surface area contributed by atoms with Crippen LogP contribution >= 0.6 is 0 Å². The summed E-state index contributed by atoms with van der Waals surface area (Å²) in [6.07, 6.45) is 1.03. The molecule has 23 heavy (non-hydrogen) atoms. The monoisotopic (exact) mass is 317 g/mol. The quantitative estimate of drug-likeness (QED) is 0.763. The van der Waals surface area contributed by atoms with Crippen LogP contribution < -0.4 is 4.90 Å². The average molecular weight is 317 g/mol. The second-order valence-electron chi connectivity index (χ2n) is 7.99. The molecule has 0 radical (unpaired) electrons. The summed E-state index contributed by atoms with van der Waals surface area (Å²) in [5.74, 6) is 0.525. The first-order chi connectivity index (χ1) is 10.6. The van der Waals surface area contributed by atoms with E-state index in [4.69, 9.17) is 4.74 Å². The Bertz CT molecular complexity index is 604. The van der Waals surface area contributed by atoms with Crippen molar-refractivity contribution < 1.29 is 9.53 Å². The van der Waals surface area contributed by atoms with Crippen LogP contribution in [-0.4, -0.2) is 24.7 Å². The van der Waals surface area contributed by atoms with Crippen LogP contribution in [0.25, 0.3) is 0 Å². The number of ether oxygens (including phenoxy) is 1. The molecule has 0 N–H and O–H groups in total. The summed E-state index contributed by atoms with van der Waals surface area (Å²) in [7, 11) is 1.48. The van der Waals surface area contributed by atoms with E-state index >= 15 is 0 Å². The van der Waals surface area contributed by atoms with Crippen LogP contribution in [0.3, 0.4) is 0 Å². The lowest BCUT2D eigenvalue weighted by molar-refractivity contribution is -0.143. The summed E-state index contributed by atoms with van der Waals surface area (Å²) in [6, 6.07) is 4.29. The van der Waals surface area contributed by atoms with Crippen LogP contribution in [-0.2, 0) is 9.53 Å². The van der Waals surface area contributed by atoms with Gasteiger partial charge in [-0.25, -0.2) is 4.79 Å². The fourth-order valence-corrected chi connectivity index (χ4v) is 4.03. The molecule has 1 aromatic carbocycles. The number of nitrogens with zero attached hydrogens (tertiary/aromatic N) is 1. The minimum Gasteiger partial charge on any atom is -0.467 e. The lowest BCUT2D eigenvalue weighted by Crippen LogP contribution is -2.58. The van der Waals surface area contributed by atoms with Crippen molar-refractivity contribution in [2.75, 3.05) is 12.0 Å². The molecule has 0 amide bonds. The van der Waals surface area contributed by atoms with Crippen molar-refractivity contribution in [1.82, 2.24) is 0 Å². The summed E-state index contributed by atoms with van der Waals surface area (Å²) in [5.41, 5.74) is 5.04. The van der Waals surface area contributed by atoms with Crippen molar-refractivity contribution in [3.05, 3.63) is 28.8 Å². The lowest BCUT2D eigenvalue weighted by Gasteiger charge is -2.51. The molecule has 0 bridgehead atoms. The highest BCUT2D eigenvalue weighted by Gasteiger charge is 2.44. The molecule has 2 rings (SSSR count). The molecule has 1 aliphatic rings. The molecule has 2 atom stereocenters. The van der Waals surface area contributed by atoms with E-state index in [9.17, 15) is 4.79 Å². The molecule has 0 aromatic heterocycles. The summed E-state index contributed by atoms with van der Waals surface area (Å²) in [6.45, 7) is 15.2. The van der Waals surface area contributed by atoms with E-state index in [2.05, 4.69) is 65.5 Å². The Kier molecular flexibility index (Phi) is 4.79. The number of carbonyl (C=O) groups excluding carboxylic acids is 1. The number of anilines is 1. The van der Waals surface area contributed by atoms with Gasteiger partial charge in [0.25, 0.3) is 0 Å². The van der Waals surface area contributed by atoms with Gasteiger partial charge in [0.1, 0.15) is 6.04 Å². The van der Waals surface area contributed by atoms with Crippen molar-refractivity contribution >= 4 is 11.7 Å². The highest BCUT2D eigenvalue weighted by molar-refractivity contribution is 5.82. The number of fused-ring (bicyclic) bond motifs is 1. The third kappa shape index (κ3) is 3.11. The van der Waals surface area contributed by atoms with E-state index in [0.29, 0.717) is 5.92 Å². The number of esters is 1. The highest BCUT2D eigenvalue weighted by Crippen LogP contribution is 2.46. The van der Waals surface area contributed by atoms with Crippen molar-refractivity contribution in [3.63, 3.8) is 0 Å². The zero-order valence-corrected chi connectivity index (χ0v) is 15.9. The number of carbonyl (C=O) groups is 1. The number of benzene rings is 1. The van der Waals surface area contributed by atoms with Gasteiger partial charge < -0.3 is 9.64 Å². The molecule has 3 nitrogen and oxygen atoms in total. The van der Waals surface area contributed by atoms with Crippen LogP contribution in [0.1, 0.15) is 63.6 Å². The molecule has 0 saturated carbocycles. The van der Waals surface area contributed by atoms with E-state index in [1.54, 1.807) is 0 Å². The van der Waals surface area contributed by atoms with Gasteiger partial charge in [-0.3, -0.25) is 0 Å². The standard InChI is InChI=1S/C20H31NO2/c1-12(2)18(19(22)23-8)21-17-10-14(4)13(3)9-16(17)15(5)11-20(21,6)7/h9-10,12,15,18H,11H2,1-8H3/t15-,18+/m0/s1. The van der Waals surface area contributed by atoms with Crippen molar-refractivity contribution in [1.29, 1.82) is 0 Å². The van der Waals surface area contributed by atoms with E-state index in [1.807, 2.05) is 0 Å². The van der Waals surface area contributed by atoms with Gasteiger partial charge in [-0.2, -0.15) is 0 Å². The molecular weight excluding hydrogens is 286 g/mol. The molecule has 128 valence electrons. The van der Waals surface area contributed by atoms with Gasteiger partial charge in [0.2, 0.25) is 0 Å². The zero-order chi connectivity index (χ0) is 17.5. The Morgan fingerprint density at radius 3 is 2.35 bits per heavy atom. The number of rotatable bonds is 3. The van der Waals surface area contributed by atoms with Crippen LogP contribution in [0.15, 0.2) is 12.1 Å². The number of methoxy groups -OCH3 is 1. The fraction of sp³-hybridized carbons (Fsp3) is 0.650. The zero-order valence-electron chi connectivity index (χ0n) is 15.9. The summed E-state index contributed by atoms with van der Waals surface area (Å²) < 4.78 is 5.14. The number of hydrogen-bond acceptors (Lipinski definition) is 3. The van der Waals surface area contributed by atoms with Gasteiger partial charge in [-0.1, -0.05) is 26.8 Å². The van der Waals surface area contributed by atoms with E-state index in [-0.39, 0.29) is 23.5 Å². The SMILES string of the molecule is COC(=O)[C@@H](C(C)C)N1c2cc(C)c(C)cc2[C@@H](C)CC1(C)C. The normalized spacial score (nSPS) is 21.1. The van der Waals surface area contributed by atoms with Crippen LogP contribution in [0.4, 0.5) is 5.69 Å². The molecule has 1 aromatic rings. The average Bonchev–Trinajstić information content (AvgIpc) is 2.44. The fourth-order valence-electron chi connectivity index (χ4n) is 4.03. The van der Waals surface area contributed by atoms with Crippen molar-refractivity contribution in [2.24, 2.45) is 5.92 Å². The van der Waals surface area contributed by atoms with Crippen LogP contribution in [0.5, 0.6) is 0 Å². The third-order valence-corrected chi connectivity index (χ3v) is 5.24. The van der Waals surface area contributed by atoms with E-state index < -0.39 is 0 Å². The van der Waals surface area contributed by atoms with Crippen LogP contribution in [0, 0.1) is 19.8 Å². The van der Waals surface area contributed by atoms with Gasteiger partial charge in [0.05, 0.1) is 7.11 Å². The molecular formula is C20H31NO2. The van der Waals surface area contributed by atoms with Crippen molar-refractivity contribution in [3.8, 4) is 0 Å². The maximum absolute atomic E-state index is 12.5. The Morgan fingerprint density at radius 2 is 1.83 bits per heavy atom. The molecule has 0 aliphatic carbocycles. The topological polar surface area (TPSA) is 29.5 Å². The maximum atomic E-state index is 12.5. The molecule has 1 aliphatic heterocycles. The summed E-state index contributed by atoms with van der Waals surface area (Å²) in [4.78, 5) is 14.8. The minimum atomic E-state index is -0.261. The first-order valence-corrected chi connectivity index (χ1v) is 8.58. The third-order valence-electron chi connectivity index (χ3n) is 5.24. The lowest BCUT2D eigenvalue weighted by atomic mass is 9.77. The van der Waals surface area contributed by atoms with Gasteiger partial charge in [0.15, 0.2) is 0 Å². The van der Waals surface area contributed by atoms with Gasteiger partial charge in [-0.05, 0) is 68.7 Å². The predicted octanol–water partition coefficient (Wildman–Crippen LogP) is 4.59. The van der Waals surface area contributed by atoms with Crippen LogP contribution in [0.2, 0.25) is 0 Å². The molecule has 3 heteroatoms. The molecule has 0 spiro atoms. The predicted molar refractivity (Wildman–Crippen MR) is 96.1 cm³/mol. The second kappa shape index (κ2) is 6.18. The Balaban J connectivity index is 2.67. The highest BCUT2D eigenvalue weighted by atomic mass is 16.5. The van der Waals surface area contributed by atoms with Gasteiger partial charge >= 0.3 is 5.97 Å². The second-order valence-corrected chi connectivity index (χ2v) is 7.99. The number of hydrogen-bond donors (Lipinski definition) is 0. The van der Waals surface area contributed by atoms with E-state index in [0.717, 1.165) is 6.42 Å².